The highest BCUT2D eigenvalue weighted by atomic mass is 16.4. The summed E-state index contributed by atoms with van der Waals surface area (Å²) >= 11 is 0. The average Bonchev–Trinajstić information content (AvgIpc) is 2.46. The minimum atomic E-state index is -1.32. The second-order valence-electron chi connectivity index (χ2n) is 4.71. The van der Waals surface area contributed by atoms with Crippen LogP contribution in [0.1, 0.15) is 22.0 Å². The summed E-state index contributed by atoms with van der Waals surface area (Å²) in [5.41, 5.74) is -0.194. The number of hydrogen-bond acceptors (Lipinski definition) is 5. The lowest BCUT2D eigenvalue weighted by Gasteiger charge is -2.18. The molecule has 7 nitrogen and oxygen atoms in total. The minimum Gasteiger partial charge on any atom is -0.477 e. The summed E-state index contributed by atoms with van der Waals surface area (Å²) in [7, 11) is 1.64. The van der Waals surface area contributed by atoms with Gasteiger partial charge in [-0.3, -0.25) is 4.79 Å². The van der Waals surface area contributed by atoms with Crippen LogP contribution in [0, 0.1) is 0 Å². The SMILES string of the molecule is CNCC(O)C(O)c1ccc2[nH]cc(C(=O)O)c(=O)c2c1. The van der Waals surface area contributed by atoms with E-state index in [1.165, 1.54) is 6.07 Å². The van der Waals surface area contributed by atoms with Crippen LogP contribution in [-0.4, -0.2) is 46.0 Å². The first-order chi connectivity index (χ1) is 9.95. The number of rotatable bonds is 5. The summed E-state index contributed by atoms with van der Waals surface area (Å²) in [6.07, 6.45) is -1.07. The van der Waals surface area contributed by atoms with Crippen molar-refractivity contribution in [3.05, 3.63) is 45.7 Å². The number of aliphatic hydroxyl groups is 2. The molecule has 0 fully saturated rings. The van der Waals surface area contributed by atoms with E-state index in [9.17, 15) is 19.8 Å². The Morgan fingerprint density at radius 3 is 2.71 bits per heavy atom. The summed E-state index contributed by atoms with van der Waals surface area (Å²) < 4.78 is 0. The van der Waals surface area contributed by atoms with Crippen molar-refractivity contribution in [3.63, 3.8) is 0 Å². The van der Waals surface area contributed by atoms with Crippen LogP contribution in [0.25, 0.3) is 10.9 Å². The molecule has 0 saturated carbocycles. The van der Waals surface area contributed by atoms with Gasteiger partial charge >= 0.3 is 5.97 Å². The Bertz CT molecular complexity index is 725. The molecular formula is C14H16N2O5. The molecule has 2 rings (SSSR count). The number of carboxylic acid groups (broad SMARTS) is 1. The zero-order valence-corrected chi connectivity index (χ0v) is 11.3. The zero-order chi connectivity index (χ0) is 15.6. The van der Waals surface area contributed by atoms with Crippen LogP contribution in [0.15, 0.2) is 29.2 Å². The van der Waals surface area contributed by atoms with Crippen molar-refractivity contribution in [3.8, 4) is 0 Å². The van der Waals surface area contributed by atoms with E-state index >= 15 is 0 Å². The molecular weight excluding hydrogens is 276 g/mol. The van der Waals surface area contributed by atoms with Gasteiger partial charge in [-0.2, -0.15) is 0 Å². The predicted octanol–water partition coefficient (Wildman–Crippen LogP) is -0.160. The number of nitrogens with one attached hydrogen (secondary N) is 2. The Kier molecular flexibility index (Phi) is 4.37. The average molecular weight is 292 g/mol. The maximum atomic E-state index is 12.1. The molecule has 7 heteroatoms. The van der Waals surface area contributed by atoms with E-state index in [0.717, 1.165) is 6.20 Å². The van der Waals surface area contributed by atoms with Crippen LogP contribution in [0.4, 0.5) is 0 Å². The lowest BCUT2D eigenvalue weighted by Crippen LogP contribution is -2.29. The van der Waals surface area contributed by atoms with Crippen molar-refractivity contribution in [2.75, 3.05) is 13.6 Å². The smallest absolute Gasteiger partial charge is 0.341 e. The quantitative estimate of drug-likeness (QED) is 0.522. The van der Waals surface area contributed by atoms with Crippen molar-refractivity contribution < 1.29 is 20.1 Å². The van der Waals surface area contributed by atoms with Crippen molar-refractivity contribution >= 4 is 16.9 Å². The molecule has 2 unspecified atom stereocenters. The Hall–Kier alpha value is -2.22. The molecule has 0 spiro atoms. The highest BCUT2D eigenvalue weighted by molar-refractivity contribution is 5.92. The predicted molar refractivity (Wildman–Crippen MR) is 76.4 cm³/mol. The summed E-state index contributed by atoms with van der Waals surface area (Å²) in [5.74, 6) is -1.32. The third-order valence-electron chi connectivity index (χ3n) is 3.25. The van der Waals surface area contributed by atoms with Crippen LogP contribution >= 0.6 is 0 Å². The normalized spacial score (nSPS) is 14.0. The van der Waals surface area contributed by atoms with Gasteiger partial charge in [-0.05, 0) is 24.7 Å². The number of pyridine rings is 1. The molecule has 0 bridgehead atoms. The van der Waals surface area contributed by atoms with E-state index < -0.39 is 23.6 Å². The molecule has 21 heavy (non-hydrogen) atoms. The molecule has 5 N–H and O–H groups in total. The van der Waals surface area contributed by atoms with Crippen molar-refractivity contribution in [1.29, 1.82) is 0 Å². The largest absolute Gasteiger partial charge is 0.477 e. The zero-order valence-electron chi connectivity index (χ0n) is 11.3. The Balaban J connectivity index is 2.52. The molecule has 1 aromatic carbocycles. The van der Waals surface area contributed by atoms with E-state index in [1.54, 1.807) is 19.2 Å². The van der Waals surface area contributed by atoms with Crippen molar-refractivity contribution in [2.45, 2.75) is 12.2 Å². The molecule has 2 aromatic rings. The topological polar surface area (TPSA) is 123 Å². The van der Waals surface area contributed by atoms with Crippen LogP contribution in [-0.2, 0) is 0 Å². The number of likely N-dealkylation sites (N-methyl/N-ethyl adjacent to an activating group) is 1. The molecule has 0 saturated heterocycles. The molecule has 0 aliphatic carbocycles. The molecule has 0 aliphatic rings. The van der Waals surface area contributed by atoms with Crippen LogP contribution in [0.3, 0.4) is 0 Å². The van der Waals surface area contributed by atoms with E-state index in [1.807, 2.05) is 0 Å². The number of benzene rings is 1. The standard InChI is InChI=1S/C14H16N2O5/c1-15-6-11(17)12(18)7-2-3-10-8(4-7)13(19)9(5-16-10)14(20)21/h2-5,11-12,15,17-18H,6H2,1H3,(H,16,19)(H,20,21). The van der Waals surface area contributed by atoms with E-state index in [0.29, 0.717) is 11.1 Å². The Morgan fingerprint density at radius 2 is 2.10 bits per heavy atom. The molecule has 0 radical (unpaired) electrons. The molecule has 0 aliphatic heterocycles. The van der Waals surface area contributed by atoms with Gasteiger partial charge in [0.2, 0.25) is 5.43 Å². The second kappa shape index (κ2) is 6.04. The lowest BCUT2D eigenvalue weighted by atomic mass is 10.0. The Labute approximate surface area is 119 Å². The molecule has 1 heterocycles. The van der Waals surface area contributed by atoms with E-state index in [4.69, 9.17) is 5.11 Å². The van der Waals surface area contributed by atoms with E-state index in [2.05, 4.69) is 10.3 Å². The minimum absolute atomic E-state index is 0.156. The second-order valence-corrected chi connectivity index (χ2v) is 4.71. The lowest BCUT2D eigenvalue weighted by molar-refractivity contribution is 0.0203. The van der Waals surface area contributed by atoms with Crippen LogP contribution in [0.5, 0.6) is 0 Å². The highest BCUT2D eigenvalue weighted by Crippen LogP contribution is 2.20. The van der Waals surface area contributed by atoms with Gasteiger partial charge in [0.1, 0.15) is 11.7 Å². The summed E-state index contributed by atoms with van der Waals surface area (Å²) in [6, 6.07) is 4.53. The maximum Gasteiger partial charge on any atom is 0.341 e. The number of carboxylic acids is 1. The number of H-pyrrole nitrogens is 1. The monoisotopic (exact) mass is 292 g/mol. The molecule has 0 amide bonds. The van der Waals surface area contributed by atoms with Crippen molar-refractivity contribution in [2.24, 2.45) is 0 Å². The van der Waals surface area contributed by atoms with Gasteiger partial charge in [0.25, 0.3) is 0 Å². The van der Waals surface area contributed by atoms with Gasteiger partial charge in [-0.1, -0.05) is 6.07 Å². The number of fused-ring (bicyclic) bond motifs is 1. The third-order valence-corrected chi connectivity index (χ3v) is 3.25. The first-order valence-corrected chi connectivity index (χ1v) is 6.35. The number of hydrogen-bond donors (Lipinski definition) is 5. The molecule has 2 atom stereocenters. The van der Waals surface area contributed by atoms with Gasteiger partial charge in [0, 0.05) is 23.6 Å². The van der Waals surface area contributed by atoms with Gasteiger partial charge in [0.15, 0.2) is 0 Å². The van der Waals surface area contributed by atoms with Crippen LogP contribution < -0.4 is 10.7 Å². The van der Waals surface area contributed by atoms with Gasteiger partial charge < -0.3 is 25.6 Å². The maximum absolute atomic E-state index is 12.1. The number of aromatic amines is 1. The fourth-order valence-electron chi connectivity index (χ4n) is 2.12. The first kappa shape index (κ1) is 15.2. The van der Waals surface area contributed by atoms with Crippen molar-refractivity contribution in [1.82, 2.24) is 10.3 Å². The summed E-state index contributed by atoms with van der Waals surface area (Å²) in [5, 5.41) is 31.6. The summed E-state index contributed by atoms with van der Waals surface area (Å²) in [4.78, 5) is 25.8. The summed E-state index contributed by atoms with van der Waals surface area (Å²) in [6.45, 7) is 0.185. The first-order valence-electron chi connectivity index (χ1n) is 6.35. The number of aromatic nitrogens is 1. The third kappa shape index (κ3) is 2.94. The number of aliphatic hydroxyl groups excluding tert-OH is 2. The number of carbonyl (C=O) groups is 1. The highest BCUT2D eigenvalue weighted by Gasteiger charge is 2.19. The fraction of sp³-hybridized carbons (Fsp3) is 0.286. The van der Waals surface area contributed by atoms with Gasteiger partial charge in [-0.25, -0.2) is 4.79 Å². The van der Waals surface area contributed by atoms with E-state index in [-0.39, 0.29) is 17.5 Å². The fourth-order valence-corrected chi connectivity index (χ4v) is 2.12. The van der Waals surface area contributed by atoms with Gasteiger partial charge in [-0.15, -0.1) is 0 Å². The van der Waals surface area contributed by atoms with Gasteiger partial charge in [0.05, 0.1) is 6.10 Å². The molecule has 1 aromatic heterocycles. The number of aromatic carboxylic acids is 1. The molecule has 112 valence electrons. The Morgan fingerprint density at radius 1 is 1.38 bits per heavy atom. The van der Waals surface area contributed by atoms with Crippen LogP contribution in [0.2, 0.25) is 0 Å².